The molecule has 1 aliphatic rings. The average Bonchev–Trinajstić information content (AvgIpc) is 3.11. The van der Waals surface area contributed by atoms with Crippen molar-refractivity contribution in [3.63, 3.8) is 0 Å². The second kappa shape index (κ2) is 9.90. The Morgan fingerprint density at radius 3 is 2.03 bits per heavy atom. The lowest BCUT2D eigenvalue weighted by molar-refractivity contribution is -0.306. The number of amides is 1. The fraction of sp³-hybridized carbons (Fsp3) is 0.286. The first-order valence-corrected chi connectivity index (χ1v) is 11.3. The lowest BCUT2D eigenvalue weighted by Crippen LogP contribution is -2.35. The summed E-state index contributed by atoms with van der Waals surface area (Å²) in [4.78, 5) is 24.0. The van der Waals surface area contributed by atoms with Crippen LogP contribution in [0.3, 0.4) is 0 Å². The van der Waals surface area contributed by atoms with Gasteiger partial charge in [0.2, 0.25) is 0 Å². The molecule has 1 atom stereocenters. The maximum atomic E-state index is 12.7. The van der Waals surface area contributed by atoms with Crippen LogP contribution in [0.5, 0.6) is 0 Å². The first kappa shape index (κ1) is 22.6. The molecule has 170 valence electrons. The highest BCUT2D eigenvalue weighted by molar-refractivity contribution is 5.79. The van der Waals surface area contributed by atoms with Gasteiger partial charge in [-0.15, -0.1) is 0 Å². The highest BCUT2D eigenvalue weighted by Crippen LogP contribution is 2.44. The monoisotopic (exact) mass is 442 g/mol. The van der Waals surface area contributed by atoms with Gasteiger partial charge in [-0.2, -0.15) is 0 Å². The van der Waals surface area contributed by atoms with Crippen molar-refractivity contribution in [1.82, 2.24) is 5.32 Å². The molecule has 0 aliphatic heterocycles. The minimum atomic E-state index is -1.23. The van der Waals surface area contributed by atoms with E-state index in [4.69, 9.17) is 4.74 Å². The highest BCUT2D eigenvalue weighted by atomic mass is 16.5. The molecule has 0 saturated heterocycles. The van der Waals surface area contributed by atoms with Gasteiger partial charge in [-0.1, -0.05) is 86.6 Å². The van der Waals surface area contributed by atoms with Gasteiger partial charge in [0.1, 0.15) is 6.61 Å². The number of rotatable bonds is 8. The molecule has 1 aliphatic carbocycles. The Hall–Kier alpha value is -3.60. The normalized spacial score (nSPS) is 13.3. The van der Waals surface area contributed by atoms with Crippen molar-refractivity contribution >= 4 is 12.1 Å². The SMILES string of the molecule is CC(C)Cc1ccc([C@@H](CC(=O)[O-])NC(=O)OCC2c3ccccc3-c3ccccc32)cc1. The van der Waals surface area contributed by atoms with Crippen LogP contribution in [0.4, 0.5) is 4.79 Å². The summed E-state index contributed by atoms with van der Waals surface area (Å²) in [5.74, 6) is -0.767. The molecule has 0 radical (unpaired) electrons. The van der Waals surface area contributed by atoms with Gasteiger partial charge in [0, 0.05) is 18.3 Å². The van der Waals surface area contributed by atoms with Crippen LogP contribution in [-0.4, -0.2) is 18.7 Å². The minimum absolute atomic E-state index is 0.0574. The molecular formula is C28H28NO4-. The predicted molar refractivity (Wildman–Crippen MR) is 126 cm³/mol. The quantitative estimate of drug-likeness (QED) is 0.553. The van der Waals surface area contributed by atoms with Crippen LogP contribution in [0, 0.1) is 5.92 Å². The second-order valence-electron chi connectivity index (χ2n) is 8.94. The van der Waals surface area contributed by atoms with E-state index >= 15 is 0 Å². The van der Waals surface area contributed by atoms with Crippen molar-refractivity contribution in [2.45, 2.75) is 38.6 Å². The lowest BCUT2D eigenvalue weighted by atomic mass is 9.98. The summed E-state index contributed by atoms with van der Waals surface area (Å²) in [5, 5.41) is 14.0. The van der Waals surface area contributed by atoms with E-state index in [1.165, 1.54) is 5.56 Å². The lowest BCUT2D eigenvalue weighted by Gasteiger charge is -2.21. The van der Waals surface area contributed by atoms with E-state index in [0.717, 1.165) is 28.7 Å². The second-order valence-corrected chi connectivity index (χ2v) is 8.94. The molecule has 0 spiro atoms. The largest absolute Gasteiger partial charge is 0.550 e. The molecule has 0 unspecified atom stereocenters. The number of alkyl carbamates (subject to hydrolysis) is 1. The predicted octanol–water partition coefficient (Wildman–Crippen LogP) is 4.60. The van der Waals surface area contributed by atoms with Crippen molar-refractivity contribution in [2.75, 3.05) is 6.61 Å². The van der Waals surface area contributed by atoms with Crippen LogP contribution in [-0.2, 0) is 16.0 Å². The topological polar surface area (TPSA) is 78.5 Å². The minimum Gasteiger partial charge on any atom is -0.550 e. The van der Waals surface area contributed by atoms with Crippen molar-refractivity contribution in [1.29, 1.82) is 0 Å². The Kier molecular flexibility index (Phi) is 6.78. The van der Waals surface area contributed by atoms with Crippen LogP contribution in [0.15, 0.2) is 72.8 Å². The zero-order valence-corrected chi connectivity index (χ0v) is 18.9. The summed E-state index contributed by atoms with van der Waals surface area (Å²) in [6.45, 7) is 4.46. The third-order valence-electron chi connectivity index (χ3n) is 6.03. The van der Waals surface area contributed by atoms with E-state index < -0.39 is 18.1 Å². The van der Waals surface area contributed by atoms with E-state index in [9.17, 15) is 14.7 Å². The number of benzene rings is 3. The third-order valence-corrected chi connectivity index (χ3v) is 6.03. The summed E-state index contributed by atoms with van der Waals surface area (Å²) in [6.07, 6.45) is -0.0340. The molecule has 0 fully saturated rings. The smallest absolute Gasteiger partial charge is 0.407 e. The molecule has 0 bridgehead atoms. The molecule has 3 aromatic rings. The molecule has 5 heteroatoms. The van der Waals surface area contributed by atoms with Gasteiger partial charge in [0.05, 0.1) is 6.04 Å². The highest BCUT2D eigenvalue weighted by Gasteiger charge is 2.29. The summed E-state index contributed by atoms with van der Waals surface area (Å²) < 4.78 is 5.59. The molecule has 4 rings (SSSR count). The molecule has 33 heavy (non-hydrogen) atoms. The first-order chi connectivity index (χ1) is 15.9. The van der Waals surface area contributed by atoms with Crippen molar-refractivity contribution in [3.05, 3.63) is 95.1 Å². The van der Waals surface area contributed by atoms with Crippen molar-refractivity contribution in [3.8, 4) is 11.1 Å². The van der Waals surface area contributed by atoms with Crippen LogP contribution in [0.1, 0.15) is 54.5 Å². The molecule has 0 aromatic heterocycles. The van der Waals surface area contributed by atoms with Gasteiger partial charge in [-0.05, 0) is 45.7 Å². The number of fused-ring (bicyclic) bond motifs is 3. The van der Waals surface area contributed by atoms with Crippen LogP contribution >= 0.6 is 0 Å². The van der Waals surface area contributed by atoms with E-state index in [-0.39, 0.29) is 18.9 Å². The summed E-state index contributed by atoms with van der Waals surface area (Å²) in [6, 6.07) is 23.2. The zero-order chi connectivity index (χ0) is 23.4. The van der Waals surface area contributed by atoms with E-state index in [1.54, 1.807) is 0 Å². The average molecular weight is 443 g/mol. The Balaban J connectivity index is 1.45. The van der Waals surface area contributed by atoms with E-state index in [0.29, 0.717) is 11.5 Å². The number of hydrogen-bond acceptors (Lipinski definition) is 4. The molecule has 0 heterocycles. The van der Waals surface area contributed by atoms with Crippen LogP contribution < -0.4 is 10.4 Å². The van der Waals surface area contributed by atoms with Gasteiger partial charge in [0.25, 0.3) is 0 Å². The van der Waals surface area contributed by atoms with Gasteiger partial charge < -0.3 is 20.0 Å². The molecule has 1 N–H and O–H groups in total. The van der Waals surface area contributed by atoms with Gasteiger partial charge in [-0.3, -0.25) is 0 Å². The first-order valence-electron chi connectivity index (χ1n) is 11.3. The maximum Gasteiger partial charge on any atom is 0.407 e. The molecule has 5 nitrogen and oxygen atoms in total. The van der Waals surface area contributed by atoms with E-state index in [2.05, 4.69) is 43.4 Å². The Morgan fingerprint density at radius 1 is 0.909 bits per heavy atom. The molecular weight excluding hydrogens is 414 g/mol. The number of ether oxygens (including phenoxy) is 1. The fourth-order valence-corrected chi connectivity index (χ4v) is 4.56. The number of carboxylic acid groups (broad SMARTS) is 1. The van der Waals surface area contributed by atoms with E-state index in [1.807, 2.05) is 48.5 Å². The Labute approximate surface area is 194 Å². The van der Waals surface area contributed by atoms with Gasteiger partial charge in [-0.25, -0.2) is 4.79 Å². The Morgan fingerprint density at radius 2 is 1.48 bits per heavy atom. The van der Waals surface area contributed by atoms with Crippen molar-refractivity contribution < 1.29 is 19.4 Å². The molecule has 1 amide bonds. The fourth-order valence-electron chi connectivity index (χ4n) is 4.56. The van der Waals surface area contributed by atoms with Gasteiger partial charge >= 0.3 is 6.09 Å². The molecule has 3 aromatic carbocycles. The number of carbonyl (C=O) groups excluding carboxylic acids is 2. The Bertz CT molecular complexity index is 1090. The molecule has 0 saturated carbocycles. The van der Waals surface area contributed by atoms with Crippen molar-refractivity contribution in [2.24, 2.45) is 5.92 Å². The van der Waals surface area contributed by atoms with Gasteiger partial charge in [0.15, 0.2) is 0 Å². The third kappa shape index (κ3) is 5.25. The van der Waals surface area contributed by atoms with Crippen LogP contribution in [0.25, 0.3) is 11.1 Å². The zero-order valence-electron chi connectivity index (χ0n) is 18.9. The van der Waals surface area contributed by atoms with Crippen LogP contribution in [0.2, 0.25) is 0 Å². The number of hydrogen-bond donors (Lipinski definition) is 1. The summed E-state index contributed by atoms with van der Waals surface area (Å²) in [5.41, 5.74) is 6.43. The summed E-state index contributed by atoms with van der Waals surface area (Å²) in [7, 11) is 0. The standard InChI is InChI=1S/C28H29NO4/c1-18(2)15-19-11-13-20(14-12-19)26(16-27(30)31)29-28(32)33-17-25-23-9-5-3-7-21(23)22-8-4-6-10-24(22)25/h3-14,18,25-26H,15-17H2,1-2H3,(H,29,32)(H,30,31)/p-1/t26-/m1/s1. The number of carboxylic acids is 1. The number of carbonyl (C=O) groups is 2. The number of aliphatic carboxylic acids is 1. The summed E-state index contributed by atoms with van der Waals surface area (Å²) >= 11 is 0. The maximum absolute atomic E-state index is 12.7. The number of nitrogens with one attached hydrogen (secondary N) is 1.